The maximum absolute atomic E-state index is 2.50. The molecule has 0 saturated carbocycles. The number of allylic oxidation sites excluding steroid dienone is 2. The van der Waals surface area contributed by atoms with Crippen LogP contribution in [0.3, 0.4) is 0 Å². The van der Waals surface area contributed by atoms with Gasteiger partial charge in [-0.25, -0.2) is 0 Å². The van der Waals surface area contributed by atoms with Crippen LogP contribution < -0.4 is 0 Å². The highest BCUT2D eigenvalue weighted by atomic mass is 15.1. The minimum Gasteiger partial charge on any atom is -0.375 e. The van der Waals surface area contributed by atoms with Crippen molar-refractivity contribution in [2.75, 3.05) is 13.1 Å². The summed E-state index contributed by atoms with van der Waals surface area (Å²) in [5.41, 5.74) is 3.49. The van der Waals surface area contributed by atoms with Crippen molar-refractivity contribution in [3.8, 4) is 0 Å². The standard InChI is InChI=1S/C14H29N/c1-8-12(14(5,6)7)13(9-2)15(10-3)11-4/h8-11H2,1-7H3/b13-12+. The lowest BCUT2D eigenvalue weighted by Crippen LogP contribution is -2.26. The van der Waals surface area contributed by atoms with E-state index in [4.69, 9.17) is 0 Å². The lowest BCUT2D eigenvalue weighted by atomic mass is 9.82. The van der Waals surface area contributed by atoms with Crippen LogP contribution in [0.5, 0.6) is 0 Å². The highest BCUT2D eigenvalue weighted by Crippen LogP contribution is 2.32. The van der Waals surface area contributed by atoms with Gasteiger partial charge in [0.15, 0.2) is 0 Å². The average Bonchev–Trinajstić information content (AvgIpc) is 2.16. The molecule has 0 unspecified atom stereocenters. The van der Waals surface area contributed by atoms with Crippen LogP contribution >= 0.6 is 0 Å². The van der Waals surface area contributed by atoms with Gasteiger partial charge in [0.1, 0.15) is 0 Å². The fourth-order valence-electron chi connectivity index (χ4n) is 2.40. The molecular weight excluding hydrogens is 182 g/mol. The Kier molecular flexibility index (Phi) is 6.00. The molecule has 1 nitrogen and oxygen atoms in total. The monoisotopic (exact) mass is 211 g/mol. The lowest BCUT2D eigenvalue weighted by Gasteiger charge is -2.32. The Labute approximate surface area is 96.6 Å². The zero-order chi connectivity index (χ0) is 12.1. The van der Waals surface area contributed by atoms with E-state index >= 15 is 0 Å². The third-order valence-corrected chi connectivity index (χ3v) is 3.09. The summed E-state index contributed by atoms with van der Waals surface area (Å²) in [6.45, 7) is 18.3. The smallest absolute Gasteiger partial charge is 0.0146 e. The van der Waals surface area contributed by atoms with Gasteiger partial charge in [-0.2, -0.15) is 0 Å². The summed E-state index contributed by atoms with van der Waals surface area (Å²) in [4.78, 5) is 2.50. The van der Waals surface area contributed by atoms with Crippen molar-refractivity contribution in [1.29, 1.82) is 0 Å². The van der Waals surface area contributed by atoms with Gasteiger partial charge in [-0.3, -0.25) is 0 Å². The zero-order valence-corrected chi connectivity index (χ0v) is 11.8. The SMILES string of the molecule is CC/C(=C(/CC)C(C)(C)C)N(CC)CC. The molecular formula is C14H29N. The average molecular weight is 211 g/mol. The Hall–Kier alpha value is -0.460. The maximum Gasteiger partial charge on any atom is 0.0146 e. The van der Waals surface area contributed by atoms with Gasteiger partial charge in [-0.1, -0.05) is 34.6 Å². The van der Waals surface area contributed by atoms with E-state index in [1.807, 2.05) is 0 Å². The van der Waals surface area contributed by atoms with Crippen molar-refractivity contribution in [2.24, 2.45) is 5.41 Å². The van der Waals surface area contributed by atoms with Gasteiger partial charge in [-0.15, -0.1) is 0 Å². The molecule has 90 valence electrons. The highest BCUT2D eigenvalue weighted by Gasteiger charge is 2.20. The van der Waals surface area contributed by atoms with Gasteiger partial charge in [0.2, 0.25) is 0 Å². The predicted octanol–water partition coefficient (Wildman–Crippen LogP) is 4.45. The molecule has 0 aromatic carbocycles. The van der Waals surface area contributed by atoms with Crippen molar-refractivity contribution >= 4 is 0 Å². The van der Waals surface area contributed by atoms with Gasteiger partial charge >= 0.3 is 0 Å². The summed E-state index contributed by atoms with van der Waals surface area (Å²) in [7, 11) is 0. The Morgan fingerprint density at radius 1 is 0.867 bits per heavy atom. The second-order valence-electron chi connectivity index (χ2n) is 5.05. The number of hydrogen-bond acceptors (Lipinski definition) is 1. The first-order chi connectivity index (χ1) is 6.92. The molecule has 0 heterocycles. The molecule has 0 aliphatic heterocycles. The van der Waals surface area contributed by atoms with Crippen molar-refractivity contribution in [1.82, 2.24) is 4.90 Å². The van der Waals surface area contributed by atoms with Crippen molar-refractivity contribution in [3.05, 3.63) is 11.3 Å². The molecule has 1 heteroatoms. The first-order valence-electron chi connectivity index (χ1n) is 6.39. The fraction of sp³-hybridized carbons (Fsp3) is 0.857. The van der Waals surface area contributed by atoms with E-state index in [1.165, 1.54) is 6.42 Å². The summed E-state index contributed by atoms with van der Waals surface area (Å²) in [5.74, 6) is 0. The number of rotatable bonds is 5. The zero-order valence-electron chi connectivity index (χ0n) is 11.8. The summed E-state index contributed by atoms with van der Waals surface area (Å²) in [6.07, 6.45) is 2.32. The van der Waals surface area contributed by atoms with Crippen molar-refractivity contribution < 1.29 is 0 Å². The Morgan fingerprint density at radius 3 is 1.53 bits per heavy atom. The molecule has 0 amide bonds. The van der Waals surface area contributed by atoms with Crippen LogP contribution in [0.15, 0.2) is 11.3 Å². The van der Waals surface area contributed by atoms with Gasteiger partial charge in [0.25, 0.3) is 0 Å². The van der Waals surface area contributed by atoms with Crippen LogP contribution in [0.4, 0.5) is 0 Å². The lowest BCUT2D eigenvalue weighted by molar-refractivity contribution is 0.346. The third-order valence-electron chi connectivity index (χ3n) is 3.09. The second-order valence-corrected chi connectivity index (χ2v) is 5.05. The third kappa shape index (κ3) is 3.89. The molecule has 0 bridgehead atoms. The van der Waals surface area contributed by atoms with Gasteiger partial charge < -0.3 is 4.90 Å². The van der Waals surface area contributed by atoms with E-state index in [2.05, 4.69) is 53.4 Å². The molecule has 0 saturated heterocycles. The molecule has 0 aliphatic rings. The van der Waals surface area contributed by atoms with Crippen LogP contribution in [0.25, 0.3) is 0 Å². The van der Waals surface area contributed by atoms with E-state index in [0.29, 0.717) is 5.41 Å². The number of nitrogens with zero attached hydrogens (tertiary/aromatic N) is 1. The molecule has 0 rings (SSSR count). The molecule has 0 atom stereocenters. The number of hydrogen-bond donors (Lipinski definition) is 0. The van der Waals surface area contributed by atoms with Crippen LogP contribution in [-0.4, -0.2) is 18.0 Å². The minimum absolute atomic E-state index is 0.308. The fourth-order valence-corrected chi connectivity index (χ4v) is 2.40. The summed E-state index contributed by atoms with van der Waals surface area (Å²) >= 11 is 0. The van der Waals surface area contributed by atoms with Crippen molar-refractivity contribution in [3.63, 3.8) is 0 Å². The van der Waals surface area contributed by atoms with Crippen LogP contribution in [-0.2, 0) is 0 Å². The largest absolute Gasteiger partial charge is 0.375 e. The van der Waals surface area contributed by atoms with Crippen LogP contribution in [0, 0.1) is 5.41 Å². The molecule has 0 N–H and O–H groups in total. The first-order valence-corrected chi connectivity index (χ1v) is 6.39. The second kappa shape index (κ2) is 6.19. The van der Waals surface area contributed by atoms with E-state index in [-0.39, 0.29) is 0 Å². The van der Waals surface area contributed by atoms with Gasteiger partial charge in [0.05, 0.1) is 0 Å². The normalized spacial score (nSPS) is 13.8. The van der Waals surface area contributed by atoms with Gasteiger partial charge in [0, 0.05) is 18.8 Å². The quantitative estimate of drug-likeness (QED) is 0.649. The Morgan fingerprint density at radius 2 is 1.33 bits per heavy atom. The van der Waals surface area contributed by atoms with E-state index in [0.717, 1.165) is 19.5 Å². The predicted molar refractivity (Wildman–Crippen MR) is 70.0 cm³/mol. The van der Waals surface area contributed by atoms with E-state index < -0.39 is 0 Å². The molecule has 0 radical (unpaired) electrons. The molecule has 0 aliphatic carbocycles. The van der Waals surface area contributed by atoms with Gasteiger partial charge in [-0.05, 0) is 37.7 Å². The summed E-state index contributed by atoms with van der Waals surface area (Å²) in [6, 6.07) is 0. The van der Waals surface area contributed by atoms with Crippen molar-refractivity contribution in [2.45, 2.75) is 61.3 Å². The van der Waals surface area contributed by atoms with E-state index in [9.17, 15) is 0 Å². The molecule has 0 aromatic rings. The van der Waals surface area contributed by atoms with E-state index in [1.54, 1.807) is 11.3 Å². The Balaban J connectivity index is 5.23. The summed E-state index contributed by atoms with van der Waals surface area (Å²) in [5, 5.41) is 0. The van der Waals surface area contributed by atoms with Crippen LogP contribution in [0.2, 0.25) is 0 Å². The molecule has 15 heavy (non-hydrogen) atoms. The topological polar surface area (TPSA) is 3.24 Å². The maximum atomic E-state index is 2.50. The highest BCUT2D eigenvalue weighted by molar-refractivity contribution is 5.19. The molecule has 0 spiro atoms. The summed E-state index contributed by atoms with van der Waals surface area (Å²) < 4.78 is 0. The molecule has 0 fully saturated rings. The minimum atomic E-state index is 0.308. The van der Waals surface area contributed by atoms with Crippen LogP contribution in [0.1, 0.15) is 61.3 Å². The first kappa shape index (κ1) is 14.5. The Bertz CT molecular complexity index is 204. The molecule has 0 aromatic heterocycles.